The van der Waals surface area contributed by atoms with Crippen LogP contribution in [-0.4, -0.2) is 6.54 Å². The summed E-state index contributed by atoms with van der Waals surface area (Å²) in [5.74, 6) is -0.0838. The summed E-state index contributed by atoms with van der Waals surface area (Å²) in [7, 11) is 0. The van der Waals surface area contributed by atoms with E-state index in [-0.39, 0.29) is 11.7 Å². The number of benzene rings is 2. The van der Waals surface area contributed by atoms with E-state index < -0.39 is 0 Å². The van der Waals surface area contributed by atoms with Gasteiger partial charge in [-0.05, 0) is 48.2 Å². The first-order chi connectivity index (χ1) is 8.61. The molecule has 0 aromatic heterocycles. The second-order valence-corrected chi connectivity index (χ2v) is 4.68. The quantitative estimate of drug-likeness (QED) is 0.876. The molecule has 0 aliphatic rings. The minimum atomic E-state index is -0.213. The molecular weight excluding hydrogens is 225 g/mol. The van der Waals surface area contributed by atoms with Crippen LogP contribution in [0.3, 0.4) is 0 Å². The Labute approximate surface area is 107 Å². The SMILES string of the molecule is Cc1ccc(C(CN)c2ccc(F)cc2)cc1C. The van der Waals surface area contributed by atoms with Gasteiger partial charge in [0.2, 0.25) is 0 Å². The highest BCUT2D eigenvalue weighted by Crippen LogP contribution is 2.25. The van der Waals surface area contributed by atoms with Crippen molar-refractivity contribution in [3.8, 4) is 0 Å². The van der Waals surface area contributed by atoms with Gasteiger partial charge in [0.15, 0.2) is 0 Å². The first kappa shape index (κ1) is 12.8. The average Bonchev–Trinajstić information content (AvgIpc) is 2.37. The molecule has 1 unspecified atom stereocenters. The predicted molar refractivity (Wildman–Crippen MR) is 73.2 cm³/mol. The first-order valence-electron chi connectivity index (χ1n) is 6.14. The summed E-state index contributed by atoms with van der Waals surface area (Å²) in [5, 5.41) is 0. The van der Waals surface area contributed by atoms with E-state index in [0.29, 0.717) is 6.54 Å². The highest BCUT2D eigenvalue weighted by Gasteiger charge is 2.12. The summed E-state index contributed by atoms with van der Waals surface area (Å²) >= 11 is 0. The molecule has 0 aliphatic heterocycles. The molecule has 94 valence electrons. The molecule has 0 heterocycles. The number of hydrogen-bond donors (Lipinski definition) is 1. The minimum absolute atomic E-state index is 0.130. The van der Waals surface area contributed by atoms with Gasteiger partial charge in [-0.2, -0.15) is 0 Å². The predicted octanol–water partition coefficient (Wildman–Crippen LogP) is 3.53. The molecule has 2 N–H and O–H groups in total. The molecule has 1 nitrogen and oxygen atoms in total. The Hall–Kier alpha value is -1.67. The normalized spacial score (nSPS) is 12.4. The molecule has 2 heteroatoms. The molecule has 2 aromatic rings. The molecule has 2 rings (SSSR count). The molecule has 0 amide bonds. The minimum Gasteiger partial charge on any atom is -0.330 e. The van der Waals surface area contributed by atoms with Crippen molar-refractivity contribution in [2.75, 3.05) is 6.54 Å². The number of rotatable bonds is 3. The summed E-state index contributed by atoms with van der Waals surface area (Å²) in [6.07, 6.45) is 0. The largest absolute Gasteiger partial charge is 0.330 e. The molecule has 0 saturated carbocycles. The number of nitrogens with two attached hydrogens (primary N) is 1. The Morgan fingerprint density at radius 3 is 2.11 bits per heavy atom. The van der Waals surface area contributed by atoms with Gasteiger partial charge in [0.05, 0.1) is 0 Å². The van der Waals surface area contributed by atoms with E-state index in [4.69, 9.17) is 5.73 Å². The van der Waals surface area contributed by atoms with Gasteiger partial charge in [0.25, 0.3) is 0 Å². The van der Waals surface area contributed by atoms with Gasteiger partial charge >= 0.3 is 0 Å². The molecule has 2 aromatic carbocycles. The molecule has 0 bridgehead atoms. The molecule has 0 radical (unpaired) electrons. The zero-order valence-corrected chi connectivity index (χ0v) is 10.8. The molecule has 1 atom stereocenters. The van der Waals surface area contributed by atoms with Crippen molar-refractivity contribution in [2.24, 2.45) is 5.73 Å². The summed E-state index contributed by atoms with van der Waals surface area (Å²) in [4.78, 5) is 0. The Balaban J connectivity index is 2.38. The lowest BCUT2D eigenvalue weighted by Crippen LogP contribution is -2.14. The van der Waals surface area contributed by atoms with Gasteiger partial charge in [-0.3, -0.25) is 0 Å². The second-order valence-electron chi connectivity index (χ2n) is 4.68. The van der Waals surface area contributed by atoms with Crippen molar-refractivity contribution >= 4 is 0 Å². The third-order valence-electron chi connectivity index (χ3n) is 3.44. The third kappa shape index (κ3) is 2.59. The van der Waals surface area contributed by atoms with Crippen molar-refractivity contribution in [3.63, 3.8) is 0 Å². The molecular formula is C16H18FN. The molecule has 18 heavy (non-hydrogen) atoms. The van der Waals surface area contributed by atoms with E-state index >= 15 is 0 Å². The lowest BCUT2D eigenvalue weighted by molar-refractivity contribution is 0.626. The van der Waals surface area contributed by atoms with E-state index in [0.717, 1.165) is 5.56 Å². The van der Waals surface area contributed by atoms with E-state index in [1.165, 1.54) is 28.8 Å². The molecule has 0 fully saturated rings. The monoisotopic (exact) mass is 243 g/mol. The fourth-order valence-corrected chi connectivity index (χ4v) is 2.14. The van der Waals surface area contributed by atoms with Gasteiger partial charge in [-0.25, -0.2) is 4.39 Å². The molecule has 0 saturated heterocycles. The van der Waals surface area contributed by atoms with Crippen LogP contribution in [0.15, 0.2) is 42.5 Å². The van der Waals surface area contributed by atoms with E-state index in [9.17, 15) is 4.39 Å². The van der Waals surface area contributed by atoms with Crippen molar-refractivity contribution in [1.82, 2.24) is 0 Å². The van der Waals surface area contributed by atoms with Gasteiger partial charge in [-0.1, -0.05) is 30.3 Å². The smallest absolute Gasteiger partial charge is 0.123 e. The Morgan fingerprint density at radius 1 is 0.944 bits per heavy atom. The van der Waals surface area contributed by atoms with Crippen LogP contribution in [0, 0.1) is 19.7 Å². The topological polar surface area (TPSA) is 26.0 Å². The van der Waals surface area contributed by atoms with Crippen molar-refractivity contribution in [2.45, 2.75) is 19.8 Å². The van der Waals surface area contributed by atoms with Crippen LogP contribution in [0.2, 0.25) is 0 Å². The van der Waals surface area contributed by atoms with Gasteiger partial charge in [0.1, 0.15) is 5.82 Å². The van der Waals surface area contributed by atoms with Gasteiger partial charge in [0, 0.05) is 12.5 Å². The Morgan fingerprint density at radius 2 is 1.56 bits per heavy atom. The van der Waals surface area contributed by atoms with Crippen molar-refractivity contribution in [1.29, 1.82) is 0 Å². The highest BCUT2D eigenvalue weighted by molar-refractivity contribution is 5.38. The van der Waals surface area contributed by atoms with Crippen LogP contribution in [-0.2, 0) is 0 Å². The van der Waals surface area contributed by atoms with Gasteiger partial charge in [-0.15, -0.1) is 0 Å². The fraction of sp³-hybridized carbons (Fsp3) is 0.250. The van der Waals surface area contributed by atoms with Gasteiger partial charge < -0.3 is 5.73 Å². The van der Waals surface area contributed by atoms with Crippen LogP contribution in [0.25, 0.3) is 0 Å². The van der Waals surface area contributed by atoms with Crippen LogP contribution in [0.4, 0.5) is 4.39 Å². The van der Waals surface area contributed by atoms with Crippen molar-refractivity contribution < 1.29 is 4.39 Å². The second kappa shape index (κ2) is 5.32. The fourth-order valence-electron chi connectivity index (χ4n) is 2.14. The average molecular weight is 243 g/mol. The zero-order chi connectivity index (χ0) is 13.1. The summed E-state index contributed by atoms with van der Waals surface area (Å²) in [5.41, 5.74) is 10.6. The van der Waals surface area contributed by atoms with Crippen molar-refractivity contribution in [3.05, 3.63) is 70.5 Å². The number of hydrogen-bond acceptors (Lipinski definition) is 1. The maximum atomic E-state index is 12.9. The summed E-state index contributed by atoms with van der Waals surface area (Å²) in [6.45, 7) is 4.71. The van der Waals surface area contributed by atoms with Crippen LogP contribution >= 0.6 is 0 Å². The van der Waals surface area contributed by atoms with E-state index in [2.05, 4.69) is 32.0 Å². The lowest BCUT2D eigenvalue weighted by Gasteiger charge is -2.17. The Kier molecular flexibility index (Phi) is 3.78. The van der Waals surface area contributed by atoms with Crippen LogP contribution < -0.4 is 5.73 Å². The van der Waals surface area contributed by atoms with Crippen LogP contribution in [0.1, 0.15) is 28.2 Å². The highest BCUT2D eigenvalue weighted by atomic mass is 19.1. The maximum Gasteiger partial charge on any atom is 0.123 e. The third-order valence-corrected chi connectivity index (χ3v) is 3.44. The standard InChI is InChI=1S/C16H18FN/c1-11-3-4-14(9-12(11)2)16(10-18)13-5-7-15(17)8-6-13/h3-9,16H,10,18H2,1-2H3. The number of aryl methyl sites for hydroxylation is 2. The molecule has 0 spiro atoms. The van der Waals surface area contributed by atoms with Crippen LogP contribution in [0.5, 0.6) is 0 Å². The van der Waals surface area contributed by atoms with E-state index in [1.54, 1.807) is 0 Å². The Bertz CT molecular complexity index is 531. The van der Waals surface area contributed by atoms with E-state index in [1.807, 2.05) is 12.1 Å². The first-order valence-corrected chi connectivity index (χ1v) is 6.14. The molecule has 0 aliphatic carbocycles. The lowest BCUT2D eigenvalue weighted by atomic mass is 9.89. The summed E-state index contributed by atoms with van der Waals surface area (Å²) in [6, 6.07) is 13.0. The summed E-state index contributed by atoms with van der Waals surface area (Å²) < 4.78 is 12.9. The zero-order valence-electron chi connectivity index (χ0n) is 10.8. The number of halogens is 1. The maximum absolute atomic E-state index is 12.9.